The number of ketones is 1. The summed E-state index contributed by atoms with van der Waals surface area (Å²) in [5, 5.41) is 0.943. The summed E-state index contributed by atoms with van der Waals surface area (Å²) < 4.78 is 10.7. The van der Waals surface area contributed by atoms with E-state index < -0.39 is 0 Å². The van der Waals surface area contributed by atoms with Crippen molar-refractivity contribution >= 4 is 34.9 Å². The molecule has 0 amide bonds. The number of aryl methyl sites for hydroxylation is 1. The first-order valence-corrected chi connectivity index (χ1v) is 10.7. The third kappa shape index (κ3) is 4.85. The Balaban J connectivity index is 1.76. The Bertz CT molecular complexity index is 1350. The topological polar surface area (TPSA) is 48.4 Å². The Hall–Kier alpha value is -4.18. The van der Waals surface area contributed by atoms with Crippen LogP contribution in [0.25, 0.3) is 29.1 Å². The Morgan fingerprint density at radius 3 is 2.27 bits per heavy atom. The van der Waals surface area contributed by atoms with E-state index in [1.54, 1.807) is 26.4 Å². The van der Waals surface area contributed by atoms with Crippen molar-refractivity contribution in [2.24, 2.45) is 0 Å². The summed E-state index contributed by atoms with van der Waals surface area (Å²) in [5.41, 5.74) is 4.93. The lowest BCUT2D eigenvalue weighted by molar-refractivity contribution is 0.104. The average Bonchev–Trinajstić information content (AvgIpc) is 2.86. The van der Waals surface area contributed by atoms with Gasteiger partial charge in [-0.05, 0) is 47.9 Å². The van der Waals surface area contributed by atoms with Crippen LogP contribution in [0.3, 0.4) is 0 Å². The maximum Gasteiger partial charge on any atom is 0.188 e. The van der Waals surface area contributed by atoms with E-state index in [0.29, 0.717) is 22.8 Å². The number of methoxy groups -OCH3 is 2. The molecule has 1 aromatic heterocycles. The van der Waals surface area contributed by atoms with Gasteiger partial charge in [0.05, 0.1) is 25.3 Å². The normalized spacial score (nSPS) is 11.4. The number of benzene rings is 3. The van der Waals surface area contributed by atoms with Crippen molar-refractivity contribution in [2.75, 3.05) is 14.2 Å². The zero-order valence-corrected chi connectivity index (χ0v) is 18.9. The molecule has 4 nitrogen and oxygen atoms in total. The van der Waals surface area contributed by atoms with Gasteiger partial charge < -0.3 is 9.47 Å². The summed E-state index contributed by atoms with van der Waals surface area (Å²) in [6, 6.07) is 23.5. The van der Waals surface area contributed by atoms with Crippen molar-refractivity contribution in [1.82, 2.24) is 4.98 Å². The zero-order valence-electron chi connectivity index (χ0n) is 18.9. The third-order valence-electron chi connectivity index (χ3n) is 5.44. The lowest BCUT2D eigenvalue weighted by Gasteiger charge is -2.11. The molecule has 4 aromatic rings. The minimum absolute atomic E-state index is 0.103. The van der Waals surface area contributed by atoms with E-state index in [2.05, 4.69) is 0 Å². The van der Waals surface area contributed by atoms with Crippen molar-refractivity contribution in [3.8, 4) is 11.5 Å². The highest BCUT2D eigenvalue weighted by molar-refractivity contribution is 6.13. The van der Waals surface area contributed by atoms with Gasteiger partial charge in [0.25, 0.3) is 0 Å². The number of para-hydroxylation sites is 1. The molecular weight excluding hydrogens is 410 g/mol. The largest absolute Gasteiger partial charge is 0.493 e. The van der Waals surface area contributed by atoms with Gasteiger partial charge >= 0.3 is 0 Å². The van der Waals surface area contributed by atoms with Crippen LogP contribution in [-0.2, 0) is 0 Å². The first kappa shape index (κ1) is 22.0. The Morgan fingerprint density at radius 1 is 0.788 bits per heavy atom. The third-order valence-corrected chi connectivity index (χ3v) is 5.44. The standard InChI is InChI=1S/C29H25NO3/c1-20-29(26(31)17-14-22-15-18-27(32-2)28(19-22)33-3)24(16-13-21-9-5-4-6-10-21)23-11-7-8-12-25(23)30-20/h4-19H,1-3H3/b16-13+,17-14+. The van der Waals surface area contributed by atoms with Crippen LogP contribution in [0.4, 0.5) is 0 Å². The molecule has 0 aliphatic rings. The Kier molecular flexibility index (Phi) is 6.65. The molecule has 164 valence electrons. The molecule has 0 aliphatic carbocycles. The Labute approximate surface area is 193 Å². The first-order chi connectivity index (χ1) is 16.1. The number of aromatic nitrogens is 1. The number of hydrogen-bond acceptors (Lipinski definition) is 4. The van der Waals surface area contributed by atoms with Gasteiger partial charge in [0, 0.05) is 11.1 Å². The minimum Gasteiger partial charge on any atom is -0.493 e. The van der Waals surface area contributed by atoms with E-state index in [0.717, 1.165) is 27.6 Å². The summed E-state index contributed by atoms with van der Waals surface area (Å²) in [6.45, 7) is 1.88. The van der Waals surface area contributed by atoms with E-state index in [-0.39, 0.29) is 5.78 Å². The van der Waals surface area contributed by atoms with Crippen LogP contribution in [0, 0.1) is 6.92 Å². The molecule has 0 fully saturated rings. The summed E-state index contributed by atoms with van der Waals surface area (Å²) >= 11 is 0. The van der Waals surface area contributed by atoms with Crippen molar-refractivity contribution < 1.29 is 14.3 Å². The highest BCUT2D eigenvalue weighted by atomic mass is 16.5. The molecule has 0 unspecified atom stereocenters. The predicted octanol–water partition coefficient (Wildman–Crippen LogP) is 6.63. The van der Waals surface area contributed by atoms with Crippen molar-refractivity contribution in [2.45, 2.75) is 6.92 Å². The van der Waals surface area contributed by atoms with E-state index in [4.69, 9.17) is 14.5 Å². The van der Waals surface area contributed by atoms with Gasteiger partial charge in [-0.1, -0.05) is 72.8 Å². The van der Waals surface area contributed by atoms with Crippen LogP contribution in [-0.4, -0.2) is 25.0 Å². The maximum atomic E-state index is 13.4. The van der Waals surface area contributed by atoms with E-state index in [1.165, 1.54) is 0 Å². The smallest absolute Gasteiger partial charge is 0.188 e. The number of fused-ring (bicyclic) bond motifs is 1. The van der Waals surface area contributed by atoms with E-state index in [1.807, 2.05) is 91.9 Å². The first-order valence-electron chi connectivity index (χ1n) is 10.7. The van der Waals surface area contributed by atoms with Gasteiger partial charge in [-0.2, -0.15) is 0 Å². The van der Waals surface area contributed by atoms with Gasteiger partial charge in [0.1, 0.15) is 0 Å². The highest BCUT2D eigenvalue weighted by Crippen LogP contribution is 2.29. The number of hydrogen-bond donors (Lipinski definition) is 0. The summed E-state index contributed by atoms with van der Waals surface area (Å²) in [6.07, 6.45) is 7.39. The Morgan fingerprint density at radius 2 is 1.52 bits per heavy atom. The van der Waals surface area contributed by atoms with Gasteiger partial charge in [-0.25, -0.2) is 0 Å². The van der Waals surface area contributed by atoms with Gasteiger partial charge in [0.15, 0.2) is 17.3 Å². The molecule has 0 spiro atoms. The second-order valence-electron chi connectivity index (χ2n) is 7.56. The lowest BCUT2D eigenvalue weighted by Crippen LogP contribution is -2.05. The maximum absolute atomic E-state index is 13.4. The molecule has 3 aromatic carbocycles. The number of rotatable bonds is 7. The quantitative estimate of drug-likeness (QED) is 0.242. The van der Waals surface area contributed by atoms with Crippen LogP contribution in [0.1, 0.15) is 32.7 Å². The number of pyridine rings is 1. The molecule has 0 saturated carbocycles. The minimum atomic E-state index is -0.103. The van der Waals surface area contributed by atoms with Crippen LogP contribution in [0.15, 0.2) is 78.9 Å². The van der Waals surface area contributed by atoms with Gasteiger partial charge in [0.2, 0.25) is 0 Å². The molecule has 0 saturated heterocycles. The summed E-state index contributed by atoms with van der Waals surface area (Å²) in [4.78, 5) is 18.1. The number of carbonyl (C=O) groups is 1. The van der Waals surface area contributed by atoms with Crippen LogP contribution in [0.5, 0.6) is 11.5 Å². The zero-order chi connectivity index (χ0) is 23.2. The number of nitrogens with zero attached hydrogens (tertiary/aromatic N) is 1. The summed E-state index contributed by atoms with van der Waals surface area (Å²) in [5.74, 6) is 1.15. The fourth-order valence-corrected chi connectivity index (χ4v) is 3.80. The second kappa shape index (κ2) is 9.96. The fourth-order valence-electron chi connectivity index (χ4n) is 3.80. The van der Waals surface area contributed by atoms with Gasteiger partial charge in [-0.3, -0.25) is 9.78 Å². The highest BCUT2D eigenvalue weighted by Gasteiger charge is 2.16. The SMILES string of the molecule is COc1ccc(/C=C/C(=O)c2c(C)nc3ccccc3c2/C=C/c2ccccc2)cc1OC. The predicted molar refractivity (Wildman–Crippen MR) is 135 cm³/mol. The number of allylic oxidation sites excluding steroid dienone is 1. The van der Waals surface area contributed by atoms with E-state index in [9.17, 15) is 4.79 Å². The van der Waals surface area contributed by atoms with Crippen molar-refractivity contribution in [3.05, 3.63) is 107 Å². The monoisotopic (exact) mass is 435 g/mol. The molecule has 0 bridgehead atoms. The molecule has 4 heteroatoms. The van der Waals surface area contributed by atoms with E-state index >= 15 is 0 Å². The fraction of sp³-hybridized carbons (Fsp3) is 0.103. The molecule has 0 N–H and O–H groups in total. The molecule has 0 atom stereocenters. The molecule has 33 heavy (non-hydrogen) atoms. The van der Waals surface area contributed by atoms with Crippen LogP contribution in [0.2, 0.25) is 0 Å². The van der Waals surface area contributed by atoms with Crippen molar-refractivity contribution in [3.63, 3.8) is 0 Å². The summed E-state index contributed by atoms with van der Waals surface area (Å²) in [7, 11) is 3.18. The molecular formula is C29H25NO3. The van der Waals surface area contributed by atoms with Crippen molar-refractivity contribution in [1.29, 1.82) is 0 Å². The lowest BCUT2D eigenvalue weighted by atomic mass is 9.96. The molecule has 4 rings (SSSR count). The average molecular weight is 436 g/mol. The molecule has 0 radical (unpaired) electrons. The molecule has 1 heterocycles. The van der Waals surface area contributed by atoms with Gasteiger partial charge in [-0.15, -0.1) is 0 Å². The number of ether oxygens (including phenoxy) is 2. The van der Waals surface area contributed by atoms with Crippen LogP contribution < -0.4 is 9.47 Å². The number of carbonyl (C=O) groups excluding carboxylic acids is 1. The second-order valence-corrected chi connectivity index (χ2v) is 7.56. The van der Waals surface area contributed by atoms with Crippen LogP contribution >= 0.6 is 0 Å². The molecule has 0 aliphatic heterocycles.